The topological polar surface area (TPSA) is 207 Å². The van der Waals surface area contributed by atoms with Crippen molar-refractivity contribution in [2.45, 2.75) is 26.1 Å². The van der Waals surface area contributed by atoms with Crippen LogP contribution >= 0.6 is 0 Å². The molecule has 0 amide bonds. The number of aliphatic hydroxyl groups is 2. The molecule has 0 rings (SSSR count). The van der Waals surface area contributed by atoms with E-state index in [-0.39, 0.29) is 37.7 Å². The molecule has 0 spiro atoms. The Morgan fingerprint density at radius 3 is 1.31 bits per heavy atom. The molecule has 29 heavy (non-hydrogen) atoms. The first-order chi connectivity index (χ1) is 12.7. The molecule has 2 atom stereocenters. The Kier molecular flexibility index (Phi) is 19.5. The average molecular weight is 487 g/mol. The Bertz CT molecular complexity index is 679. The minimum atomic E-state index is -4.49. The van der Waals surface area contributed by atoms with E-state index in [2.05, 4.69) is 9.47 Å². The van der Waals surface area contributed by atoms with Crippen LogP contribution < -0.4 is 0 Å². The van der Waals surface area contributed by atoms with Crippen molar-refractivity contribution in [3.05, 3.63) is 24.3 Å². The molecule has 0 saturated heterocycles. The van der Waals surface area contributed by atoms with E-state index in [1.165, 1.54) is 12.2 Å². The largest absolute Gasteiger partial charge is 2.00 e. The number of carbonyl (C=O) groups is 2. The number of aliphatic hydroxyl groups excluding tert-OH is 2. The summed E-state index contributed by atoms with van der Waals surface area (Å²) in [5.41, 5.74) is 0. The SMILES string of the molecule is CC=CC(=O)OCC(O)CS(=O)(=O)[O-].CC=CC(=O)OCC(O)CS(=O)(=O)[O-].[Ca+2]. The van der Waals surface area contributed by atoms with Crippen molar-refractivity contribution >= 4 is 69.9 Å². The normalized spacial score (nSPS) is 13.7. The van der Waals surface area contributed by atoms with Crippen molar-refractivity contribution in [1.29, 1.82) is 0 Å². The van der Waals surface area contributed by atoms with Gasteiger partial charge in [-0.25, -0.2) is 26.4 Å². The fourth-order valence-electron chi connectivity index (χ4n) is 1.29. The third-order valence-electron chi connectivity index (χ3n) is 2.23. The van der Waals surface area contributed by atoms with Crippen molar-refractivity contribution in [3.8, 4) is 0 Å². The summed E-state index contributed by atoms with van der Waals surface area (Å²) in [6, 6.07) is 0. The van der Waals surface area contributed by atoms with E-state index >= 15 is 0 Å². The minimum absolute atomic E-state index is 0. The summed E-state index contributed by atoms with van der Waals surface area (Å²) >= 11 is 0. The van der Waals surface area contributed by atoms with Crippen LogP contribution in [-0.2, 0) is 39.3 Å². The van der Waals surface area contributed by atoms with Crippen LogP contribution in [0.4, 0.5) is 0 Å². The van der Waals surface area contributed by atoms with Gasteiger partial charge in [-0.3, -0.25) is 0 Å². The molecular weight excluding hydrogens is 464 g/mol. The van der Waals surface area contributed by atoms with Gasteiger partial charge in [-0.05, 0) is 13.8 Å². The fraction of sp³-hybridized carbons (Fsp3) is 0.571. The van der Waals surface area contributed by atoms with Gasteiger partial charge in [0.25, 0.3) is 0 Å². The number of rotatable bonds is 10. The number of carbonyl (C=O) groups excluding carboxylic acids is 2. The molecule has 164 valence electrons. The van der Waals surface area contributed by atoms with E-state index < -0.39 is 69.1 Å². The Labute approximate surface area is 199 Å². The quantitative estimate of drug-likeness (QED) is 0.144. The van der Waals surface area contributed by atoms with Crippen LogP contribution in [0.3, 0.4) is 0 Å². The van der Waals surface area contributed by atoms with E-state index in [4.69, 9.17) is 10.2 Å². The zero-order valence-corrected chi connectivity index (χ0v) is 19.6. The van der Waals surface area contributed by atoms with Gasteiger partial charge >= 0.3 is 49.7 Å². The number of allylic oxidation sites excluding steroid dienone is 2. The van der Waals surface area contributed by atoms with Crippen LogP contribution in [0.25, 0.3) is 0 Å². The zero-order chi connectivity index (χ0) is 22.4. The van der Waals surface area contributed by atoms with Crippen LogP contribution in [0.1, 0.15) is 13.8 Å². The maximum Gasteiger partial charge on any atom is 2.00 e. The van der Waals surface area contributed by atoms with Gasteiger partial charge in [0.15, 0.2) is 0 Å². The van der Waals surface area contributed by atoms with E-state index in [9.17, 15) is 35.5 Å². The minimum Gasteiger partial charge on any atom is -0.748 e. The van der Waals surface area contributed by atoms with Crippen LogP contribution in [0.5, 0.6) is 0 Å². The molecule has 0 aliphatic rings. The second-order valence-electron chi connectivity index (χ2n) is 5.02. The van der Waals surface area contributed by atoms with Crippen LogP contribution in [0.15, 0.2) is 24.3 Å². The van der Waals surface area contributed by atoms with Crippen molar-refractivity contribution in [2.75, 3.05) is 24.7 Å². The zero-order valence-electron chi connectivity index (χ0n) is 15.8. The molecule has 0 aliphatic heterocycles. The molecule has 0 fully saturated rings. The Morgan fingerprint density at radius 2 is 1.10 bits per heavy atom. The second-order valence-corrected chi connectivity index (χ2v) is 7.91. The predicted octanol–water partition coefficient (Wildman–Crippen LogP) is -2.36. The molecule has 0 radical (unpaired) electrons. The van der Waals surface area contributed by atoms with Gasteiger partial charge in [-0.1, -0.05) is 12.2 Å². The number of hydrogen-bond acceptors (Lipinski definition) is 12. The van der Waals surface area contributed by atoms with E-state index in [0.29, 0.717) is 0 Å². The first kappa shape index (κ1) is 33.1. The van der Waals surface area contributed by atoms with Crippen LogP contribution in [0.2, 0.25) is 0 Å². The maximum absolute atomic E-state index is 10.7. The molecule has 12 nitrogen and oxygen atoms in total. The smallest absolute Gasteiger partial charge is 0.748 e. The molecule has 2 N–H and O–H groups in total. The molecule has 0 aromatic carbocycles. The van der Waals surface area contributed by atoms with Gasteiger partial charge in [0.1, 0.15) is 25.4 Å². The first-order valence-electron chi connectivity index (χ1n) is 7.52. The molecule has 0 aliphatic carbocycles. The van der Waals surface area contributed by atoms with Gasteiger partial charge in [0.05, 0.1) is 31.7 Å². The van der Waals surface area contributed by atoms with Crippen LogP contribution in [-0.4, -0.2) is 123 Å². The Morgan fingerprint density at radius 1 is 0.828 bits per heavy atom. The molecule has 0 aromatic rings. The number of ether oxygens (including phenoxy) is 2. The number of esters is 2. The third-order valence-corrected chi connectivity index (χ3v) is 3.82. The Hall–Kier alpha value is -0.580. The van der Waals surface area contributed by atoms with Crippen molar-refractivity contribution in [1.82, 2.24) is 0 Å². The molecule has 0 aromatic heterocycles. The summed E-state index contributed by atoms with van der Waals surface area (Å²) < 4.78 is 69.7. The first-order valence-corrected chi connectivity index (χ1v) is 10.7. The van der Waals surface area contributed by atoms with E-state index in [1.807, 2.05) is 0 Å². The van der Waals surface area contributed by atoms with E-state index in [1.54, 1.807) is 13.8 Å². The van der Waals surface area contributed by atoms with E-state index in [0.717, 1.165) is 12.2 Å². The van der Waals surface area contributed by atoms with Gasteiger partial charge in [0, 0.05) is 12.2 Å². The van der Waals surface area contributed by atoms with Crippen molar-refractivity contribution < 1.29 is 55.2 Å². The second kappa shape index (κ2) is 17.1. The fourth-order valence-corrected chi connectivity index (χ4v) is 2.43. The molecule has 2 unspecified atom stereocenters. The molecule has 0 bridgehead atoms. The maximum atomic E-state index is 10.7. The van der Waals surface area contributed by atoms with Crippen LogP contribution in [0, 0.1) is 0 Å². The average Bonchev–Trinajstić information content (AvgIpc) is 2.49. The van der Waals surface area contributed by atoms with Gasteiger partial charge in [0.2, 0.25) is 0 Å². The third kappa shape index (κ3) is 27.4. The summed E-state index contributed by atoms with van der Waals surface area (Å²) in [5, 5.41) is 17.8. The summed E-state index contributed by atoms with van der Waals surface area (Å²) in [4.78, 5) is 21.3. The summed E-state index contributed by atoms with van der Waals surface area (Å²) in [6.07, 6.45) is 2.12. The summed E-state index contributed by atoms with van der Waals surface area (Å²) in [7, 11) is -8.99. The van der Waals surface area contributed by atoms with Gasteiger partial charge in [-0.2, -0.15) is 0 Å². The number of hydrogen-bond donors (Lipinski definition) is 2. The van der Waals surface area contributed by atoms with Crippen molar-refractivity contribution in [2.24, 2.45) is 0 Å². The van der Waals surface area contributed by atoms with Gasteiger partial charge < -0.3 is 28.8 Å². The molecule has 0 heterocycles. The summed E-state index contributed by atoms with van der Waals surface area (Å²) in [6.45, 7) is 2.18. The monoisotopic (exact) mass is 486 g/mol. The predicted molar refractivity (Wildman–Crippen MR) is 98.4 cm³/mol. The molecule has 15 heteroatoms. The standard InChI is InChI=1S/2C7H12O6S.Ca/c2*1-2-3-7(9)13-4-6(8)5-14(10,11)12;/h2*2-3,6,8H,4-5H2,1H3,(H,10,11,12);/q;;+2/p-2. The Balaban J connectivity index is -0.000000451. The van der Waals surface area contributed by atoms with Crippen molar-refractivity contribution in [3.63, 3.8) is 0 Å². The summed E-state index contributed by atoms with van der Waals surface area (Å²) in [5.74, 6) is -3.32. The molecular formula is C14H22CaO12S2. The molecule has 0 saturated carbocycles. The van der Waals surface area contributed by atoms with Gasteiger partial charge in [-0.15, -0.1) is 0 Å².